The van der Waals surface area contributed by atoms with E-state index < -0.39 is 29.5 Å². The second-order valence-corrected chi connectivity index (χ2v) is 8.60. The molecule has 0 bridgehead atoms. The highest BCUT2D eigenvalue weighted by Crippen LogP contribution is 2.31. The molecule has 1 aliphatic carbocycles. The molecule has 1 aliphatic rings. The van der Waals surface area contributed by atoms with Gasteiger partial charge in [0.05, 0.1) is 24.0 Å². The van der Waals surface area contributed by atoms with Crippen LogP contribution in [-0.2, 0) is 14.3 Å². The Labute approximate surface area is 169 Å². The first kappa shape index (κ1) is 24.3. The van der Waals surface area contributed by atoms with E-state index in [4.69, 9.17) is 4.74 Å². The SMILES string of the molecule is C=C[C@H](C)C(O)[C@@H](C)C(=O)C(C)(C)C(O)CC(=O)OC1CC=C(C)CC=C1C. The van der Waals surface area contributed by atoms with Crippen molar-refractivity contribution in [2.75, 3.05) is 0 Å². The van der Waals surface area contributed by atoms with E-state index in [0.717, 1.165) is 12.0 Å². The van der Waals surface area contributed by atoms with Crippen molar-refractivity contribution in [1.82, 2.24) is 0 Å². The fourth-order valence-corrected chi connectivity index (χ4v) is 3.29. The smallest absolute Gasteiger partial charge is 0.309 e. The number of carbonyl (C=O) groups is 2. The highest BCUT2D eigenvalue weighted by molar-refractivity contribution is 5.88. The van der Waals surface area contributed by atoms with Crippen LogP contribution in [0.1, 0.15) is 60.8 Å². The van der Waals surface area contributed by atoms with Crippen LogP contribution in [0.3, 0.4) is 0 Å². The third-order valence-electron chi connectivity index (χ3n) is 5.87. The molecule has 0 saturated heterocycles. The zero-order valence-corrected chi connectivity index (χ0v) is 18.1. The molecular weight excluding hydrogens is 356 g/mol. The van der Waals surface area contributed by atoms with Gasteiger partial charge in [0, 0.05) is 18.3 Å². The largest absolute Gasteiger partial charge is 0.457 e. The fraction of sp³-hybridized carbons (Fsp3) is 0.652. The van der Waals surface area contributed by atoms with Gasteiger partial charge in [0.15, 0.2) is 0 Å². The Morgan fingerprint density at radius 2 is 1.89 bits per heavy atom. The maximum atomic E-state index is 12.8. The minimum absolute atomic E-state index is 0.252. The molecule has 158 valence electrons. The molecule has 0 amide bonds. The van der Waals surface area contributed by atoms with Gasteiger partial charge in [-0.2, -0.15) is 0 Å². The van der Waals surface area contributed by atoms with E-state index in [1.165, 1.54) is 5.57 Å². The third-order valence-corrected chi connectivity index (χ3v) is 5.87. The van der Waals surface area contributed by atoms with Gasteiger partial charge in [-0.3, -0.25) is 9.59 Å². The van der Waals surface area contributed by atoms with Gasteiger partial charge in [-0.1, -0.05) is 51.5 Å². The van der Waals surface area contributed by atoms with E-state index in [2.05, 4.69) is 12.7 Å². The average molecular weight is 393 g/mol. The van der Waals surface area contributed by atoms with Crippen molar-refractivity contribution >= 4 is 11.8 Å². The van der Waals surface area contributed by atoms with Crippen molar-refractivity contribution in [2.24, 2.45) is 17.3 Å². The van der Waals surface area contributed by atoms with Crippen molar-refractivity contribution < 1.29 is 24.5 Å². The summed E-state index contributed by atoms with van der Waals surface area (Å²) in [5.41, 5.74) is 1.03. The molecule has 3 unspecified atom stereocenters. The molecule has 0 heterocycles. The van der Waals surface area contributed by atoms with Crippen LogP contribution in [0, 0.1) is 17.3 Å². The number of carbonyl (C=O) groups excluding carboxylic acids is 2. The maximum absolute atomic E-state index is 12.8. The van der Waals surface area contributed by atoms with Crippen LogP contribution in [0.15, 0.2) is 36.0 Å². The predicted molar refractivity (Wildman–Crippen MR) is 111 cm³/mol. The maximum Gasteiger partial charge on any atom is 0.309 e. The molecule has 0 aliphatic heterocycles. The number of aliphatic hydroxyl groups is 2. The lowest BCUT2D eigenvalue weighted by Gasteiger charge is -2.33. The number of rotatable bonds is 9. The van der Waals surface area contributed by atoms with Gasteiger partial charge < -0.3 is 14.9 Å². The Balaban J connectivity index is 2.76. The quantitative estimate of drug-likeness (QED) is 0.461. The first-order valence-corrected chi connectivity index (χ1v) is 9.96. The molecule has 0 aromatic rings. The number of Topliss-reactive ketones (excluding diaryl/α,β-unsaturated/α-hetero) is 1. The molecule has 0 radical (unpaired) electrons. The number of hydrogen-bond acceptors (Lipinski definition) is 5. The molecule has 28 heavy (non-hydrogen) atoms. The average Bonchev–Trinajstić information content (AvgIpc) is 2.80. The Morgan fingerprint density at radius 1 is 1.29 bits per heavy atom. The number of allylic oxidation sites excluding steroid dienone is 2. The molecule has 5 atom stereocenters. The van der Waals surface area contributed by atoms with E-state index in [1.807, 2.05) is 19.9 Å². The lowest BCUT2D eigenvalue weighted by Crippen LogP contribution is -2.45. The van der Waals surface area contributed by atoms with E-state index in [-0.39, 0.29) is 24.2 Å². The number of ketones is 1. The van der Waals surface area contributed by atoms with Crippen LogP contribution in [0.25, 0.3) is 0 Å². The molecular formula is C23H36O5. The molecule has 0 saturated carbocycles. The summed E-state index contributed by atoms with van der Waals surface area (Å²) in [5.74, 6) is -1.77. The summed E-state index contributed by atoms with van der Waals surface area (Å²) >= 11 is 0. The zero-order chi connectivity index (χ0) is 21.6. The zero-order valence-electron chi connectivity index (χ0n) is 18.1. The first-order chi connectivity index (χ1) is 12.9. The highest BCUT2D eigenvalue weighted by atomic mass is 16.5. The normalized spacial score (nSPS) is 22.1. The van der Waals surface area contributed by atoms with Crippen LogP contribution in [0.4, 0.5) is 0 Å². The number of esters is 1. The molecule has 0 aromatic heterocycles. The van der Waals surface area contributed by atoms with Gasteiger partial charge in [0.25, 0.3) is 0 Å². The molecule has 5 heteroatoms. The van der Waals surface area contributed by atoms with E-state index in [0.29, 0.717) is 6.42 Å². The summed E-state index contributed by atoms with van der Waals surface area (Å²) in [6, 6.07) is 0. The number of aliphatic hydroxyl groups excluding tert-OH is 2. The second-order valence-electron chi connectivity index (χ2n) is 8.60. The van der Waals surface area contributed by atoms with Crippen molar-refractivity contribution in [3.63, 3.8) is 0 Å². The van der Waals surface area contributed by atoms with Gasteiger partial charge in [0.2, 0.25) is 0 Å². The van der Waals surface area contributed by atoms with Gasteiger partial charge in [-0.25, -0.2) is 0 Å². The Hall–Kier alpha value is -1.72. The van der Waals surface area contributed by atoms with Crippen LogP contribution < -0.4 is 0 Å². The fourth-order valence-electron chi connectivity index (χ4n) is 3.29. The van der Waals surface area contributed by atoms with E-state index in [1.54, 1.807) is 33.8 Å². The topological polar surface area (TPSA) is 83.8 Å². The van der Waals surface area contributed by atoms with Crippen LogP contribution in [0.5, 0.6) is 0 Å². The highest BCUT2D eigenvalue weighted by Gasteiger charge is 2.42. The summed E-state index contributed by atoms with van der Waals surface area (Å²) in [6.07, 6.45) is 4.44. The summed E-state index contributed by atoms with van der Waals surface area (Å²) in [6.45, 7) is 14.2. The lowest BCUT2D eigenvalue weighted by molar-refractivity contribution is -0.154. The third kappa shape index (κ3) is 6.14. The van der Waals surface area contributed by atoms with Gasteiger partial charge in [-0.15, -0.1) is 6.58 Å². The first-order valence-electron chi connectivity index (χ1n) is 9.96. The summed E-state index contributed by atoms with van der Waals surface area (Å²) < 4.78 is 5.56. The van der Waals surface area contributed by atoms with E-state index in [9.17, 15) is 19.8 Å². The summed E-state index contributed by atoms with van der Waals surface area (Å²) in [7, 11) is 0. The predicted octanol–water partition coefficient (Wildman–Crippen LogP) is 3.75. The van der Waals surface area contributed by atoms with Crippen molar-refractivity contribution in [1.29, 1.82) is 0 Å². The standard InChI is InChI=1S/C23H36O5/c1-8-15(3)21(26)17(5)22(27)23(6,7)19(24)13-20(25)28-18-12-10-14(2)9-11-16(18)4/h8,10-11,15,17-19,21,24,26H,1,9,12-13H2,2-7H3/t15-,17+,18?,19?,21?/m0/s1. The molecule has 0 aromatic carbocycles. The Bertz CT molecular complexity index is 643. The Kier molecular flexibility index (Phi) is 8.83. The van der Waals surface area contributed by atoms with Crippen LogP contribution >= 0.6 is 0 Å². The Morgan fingerprint density at radius 3 is 2.46 bits per heavy atom. The molecule has 0 fully saturated rings. The van der Waals surface area contributed by atoms with E-state index >= 15 is 0 Å². The molecule has 5 nitrogen and oxygen atoms in total. The van der Waals surface area contributed by atoms with Gasteiger partial charge in [-0.05, 0) is 25.8 Å². The second kappa shape index (κ2) is 10.2. The number of hydrogen-bond donors (Lipinski definition) is 2. The van der Waals surface area contributed by atoms with Crippen molar-refractivity contribution in [2.45, 2.75) is 79.1 Å². The molecule has 0 spiro atoms. The van der Waals surface area contributed by atoms with Crippen molar-refractivity contribution in [3.8, 4) is 0 Å². The van der Waals surface area contributed by atoms with Gasteiger partial charge in [0.1, 0.15) is 11.9 Å². The van der Waals surface area contributed by atoms with Crippen LogP contribution in [-0.4, -0.2) is 40.3 Å². The van der Waals surface area contributed by atoms with Gasteiger partial charge >= 0.3 is 5.97 Å². The monoisotopic (exact) mass is 392 g/mol. The van der Waals surface area contributed by atoms with Crippen LogP contribution in [0.2, 0.25) is 0 Å². The number of ether oxygens (including phenoxy) is 1. The summed E-state index contributed by atoms with van der Waals surface area (Å²) in [5, 5.41) is 20.9. The summed E-state index contributed by atoms with van der Waals surface area (Å²) in [4.78, 5) is 25.2. The minimum atomic E-state index is -1.20. The lowest BCUT2D eigenvalue weighted by atomic mass is 9.73. The van der Waals surface area contributed by atoms with Crippen molar-refractivity contribution in [3.05, 3.63) is 36.0 Å². The minimum Gasteiger partial charge on any atom is -0.457 e. The molecule has 1 rings (SSSR count). The molecule has 2 N–H and O–H groups in total.